The molecule has 4 rings (SSSR count). The average molecular weight is 512 g/mol. The first-order chi connectivity index (χ1) is 15.5. The van der Waals surface area contributed by atoms with Crippen LogP contribution in [0, 0.1) is 0 Å². The second-order valence-corrected chi connectivity index (χ2v) is 8.60. The third-order valence-corrected chi connectivity index (χ3v) is 5.87. The van der Waals surface area contributed by atoms with Crippen LogP contribution in [0.15, 0.2) is 85.7 Å². The van der Waals surface area contributed by atoms with E-state index in [-0.39, 0.29) is 10.1 Å². The molecule has 0 atom stereocenters. The lowest BCUT2D eigenvalue weighted by molar-refractivity contribution is -0.131. The Hall–Kier alpha value is -3.23. The van der Waals surface area contributed by atoms with E-state index in [4.69, 9.17) is 13.9 Å². The minimum absolute atomic E-state index is 0.0714. The van der Waals surface area contributed by atoms with Crippen molar-refractivity contribution in [2.24, 2.45) is 0 Å². The van der Waals surface area contributed by atoms with Crippen molar-refractivity contribution < 1.29 is 23.8 Å². The number of rotatable bonds is 8. The predicted molar refractivity (Wildman–Crippen MR) is 127 cm³/mol. The van der Waals surface area contributed by atoms with E-state index in [0.717, 1.165) is 21.8 Å². The fraction of sp³-hybridized carbons (Fsp3) is 0.0833. The van der Waals surface area contributed by atoms with Gasteiger partial charge in [-0.2, -0.15) is 0 Å². The molecule has 0 saturated carbocycles. The van der Waals surface area contributed by atoms with E-state index < -0.39 is 5.97 Å². The van der Waals surface area contributed by atoms with Crippen LogP contribution in [-0.2, 0) is 11.4 Å². The fourth-order valence-corrected chi connectivity index (χ4v) is 3.92. The van der Waals surface area contributed by atoms with Crippen molar-refractivity contribution in [3.05, 3.63) is 87.2 Å². The molecule has 0 fully saturated rings. The smallest absolute Gasteiger partial charge is 0.342 e. The summed E-state index contributed by atoms with van der Waals surface area (Å²) in [6.45, 7) is 0.382. The minimum atomic E-state index is -1.08. The van der Waals surface area contributed by atoms with Gasteiger partial charge in [0, 0.05) is 4.47 Å². The molecule has 32 heavy (non-hydrogen) atoms. The highest BCUT2D eigenvalue weighted by atomic mass is 79.9. The van der Waals surface area contributed by atoms with Gasteiger partial charge in [0.2, 0.25) is 0 Å². The number of carboxylic acid groups (broad SMARTS) is 1. The zero-order chi connectivity index (χ0) is 22.5. The monoisotopic (exact) mass is 511 g/mol. The quantitative estimate of drug-likeness (QED) is 0.216. The summed E-state index contributed by atoms with van der Waals surface area (Å²) in [5.41, 5.74) is 2.95. The van der Waals surface area contributed by atoms with Gasteiger partial charge < -0.3 is 19.0 Å². The average Bonchev–Trinajstić information content (AvgIpc) is 3.21. The van der Waals surface area contributed by atoms with Crippen LogP contribution in [0.5, 0.6) is 11.5 Å². The molecule has 0 aliphatic carbocycles. The second kappa shape index (κ2) is 9.93. The van der Waals surface area contributed by atoms with Gasteiger partial charge in [0.15, 0.2) is 17.1 Å². The Bertz CT molecular complexity index is 1250. The summed E-state index contributed by atoms with van der Waals surface area (Å²) in [5.74, 6) is -0.00435. The van der Waals surface area contributed by atoms with Crippen molar-refractivity contribution in [2.45, 2.75) is 11.8 Å². The highest BCUT2D eigenvalue weighted by Gasteiger charge is 2.15. The molecule has 0 bridgehead atoms. The van der Waals surface area contributed by atoms with Crippen LogP contribution in [0.2, 0.25) is 0 Å². The molecular weight excluding hydrogens is 494 g/mol. The van der Waals surface area contributed by atoms with Crippen LogP contribution in [-0.4, -0.2) is 23.2 Å². The van der Waals surface area contributed by atoms with E-state index in [1.54, 1.807) is 37.5 Å². The standard InChI is InChI=1S/C24H18BrNO5S/c1-29-21-12-16(8-11-20(21)30-14-15-6-9-17(25)10-7-15)13-22(23(27)28)32-24-26-18-4-2-3-5-19(18)31-24/h2-13H,14H2,1H3,(H,27,28)/b22-13-. The lowest BCUT2D eigenvalue weighted by Crippen LogP contribution is -1.99. The SMILES string of the molecule is COc1cc(/C=C(\Sc2nc3ccccc3o2)C(=O)O)ccc1OCc1ccc(Br)cc1. The third kappa shape index (κ3) is 5.33. The third-order valence-electron chi connectivity index (χ3n) is 4.48. The van der Waals surface area contributed by atoms with Gasteiger partial charge in [-0.3, -0.25) is 0 Å². The summed E-state index contributed by atoms with van der Waals surface area (Å²) in [4.78, 5) is 16.2. The van der Waals surface area contributed by atoms with Gasteiger partial charge in [-0.05, 0) is 65.4 Å². The Kier molecular flexibility index (Phi) is 6.82. The fourth-order valence-electron chi connectivity index (χ4n) is 2.91. The molecule has 8 heteroatoms. The molecule has 0 unspecified atom stereocenters. The molecule has 0 aliphatic rings. The largest absolute Gasteiger partial charge is 0.493 e. The summed E-state index contributed by atoms with van der Waals surface area (Å²) in [6, 6.07) is 20.4. The molecule has 0 radical (unpaired) electrons. The maximum Gasteiger partial charge on any atom is 0.342 e. The number of para-hydroxylation sites is 2. The summed E-state index contributed by atoms with van der Waals surface area (Å²) in [6.07, 6.45) is 1.54. The molecule has 1 heterocycles. The number of aromatic nitrogens is 1. The van der Waals surface area contributed by atoms with E-state index in [1.807, 2.05) is 42.5 Å². The molecule has 0 saturated heterocycles. The van der Waals surface area contributed by atoms with Crippen molar-refractivity contribution in [1.29, 1.82) is 0 Å². The predicted octanol–water partition coefficient (Wildman–Crippen LogP) is 6.40. The normalized spacial score (nSPS) is 11.5. The first-order valence-corrected chi connectivity index (χ1v) is 11.2. The van der Waals surface area contributed by atoms with Crippen LogP contribution >= 0.6 is 27.7 Å². The molecule has 0 spiro atoms. The van der Waals surface area contributed by atoms with Gasteiger partial charge in [-0.25, -0.2) is 9.78 Å². The lowest BCUT2D eigenvalue weighted by Gasteiger charge is -2.12. The van der Waals surface area contributed by atoms with Crippen molar-refractivity contribution in [3.63, 3.8) is 0 Å². The first kappa shape index (κ1) is 22.0. The van der Waals surface area contributed by atoms with E-state index in [9.17, 15) is 9.90 Å². The Morgan fingerprint density at radius 1 is 1.12 bits per heavy atom. The number of ether oxygens (including phenoxy) is 2. The zero-order valence-electron chi connectivity index (χ0n) is 16.9. The number of aliphatic carboxylic acids is 1. The molecule has 6 nitrogen and oxygen atoms in total. The van der Waals surface area contributed by atoms with E-state index in [1.165, 1.54) is 0 Å². The van der Waals surface area contributed by atoms with Crippen molar-refractivity contribution in [1.82, 2.24) is 4.98 Å². The minimum Gasteiger partial charge on any atom is -0.493 e. The van der Waals surface area contributed by atoms with Crippen molar-refractivity contribution in [2.75, 3.05) is 7.11 Å². The molecule has 162 valence electrons. The Labute approximate surface area is 197 Å². The summed E-state index contributed by atoms with van der Waals surface area (Å²) in [5, 5.41) is 9.93. The van der Waals surface area contributed by atoms with E-state index in [0.29, 0.717) is 34.8 Å². The molecule has 0 amide bonds. The number of nitrogens with zero attached hydrogens (tertiary/aromatic N) is 1. The number of carbonyl (C=O) groups is 1. The molecule has 1 N–H and O–H groups in total. The molecule has 4 aromatic rings. The van der Waals surface area contributed by atoms with E-state index in [2.05, 4.69) is 20.9 Å². The number of hydrogen-bond acceptors (Lipinski definition) is 6. The number of thioether (sulfide) groups is 1. The van der Waals surface area contributed by atoms with Gasteiger partial charge in [-0.15, -0.1) is 0 Å². The van der Waals surface area contributed by atoms with Gasteiger partial charge in [0.05, 0.1) is 7.11 Å². The highest BCUT2D eigenvalue weighted by molar-refractivity contribution is 9.10. The summed E-state index contributed by atoms with van der Waals surface area (Å²) >= 11 is 4.36. The van der Waals surface area contributed by atoms with Crippen molar-refractivity contribution in [3.8, 4) is 11.5 Å². The number of fused-ring (bicyclic) bond motifs is 1. The molecular formula is C24H18BrNO5S. The van der Waals surface area contributed by atoms with Crippen LogP contribution in [0.1, 0.15) is 11.1 Å². The second-order valence-electron chi connectivity index (χ2n) is 6.69. The number of oxazole rings is 1. The van der Waals surface area contributed by atoms with Gasteiger partial charge >= 0.3 is 5.97 Å². The maximum atomic E-state index is 11.8. The lowest BCUT2D eigenvalue weighted by atomic mass is 10.2. The van der Waals surface area contributed by atoms with Crippen LogP contribution in [0.4, 0.5) is 0 Å². The van der Waals surface area contributed by atoms with Gasteiger partial charge in [0.25, 0.3) is 5.22 Å². The molecule has 1 aromatic heterocycles. The number of carboxylic acids is 1. The van der Waals surface area contributed by atoms with Gasteiger partial charge in [-0.1, -0.05) is 46.3 Å². The summed E-state index contributed by atoms with van der Waals surface area (Å²) in [7, 11) is 1.54. The van der Waals surface area contributed by atoms with Gasteiger partial charge in [0.1, 0.15) is 17.0 Å². The molecule has 0 aliphatic heterocycles. The topological polar surface area (TPSA) is 81.8 Å². The Balaban J connectivity index is 1.53. The van der Waals surface area contributed by atoms with Crippen LogP contribution in [0.25, 0.3) is 17.2 Å². The van der Waals surface area contributed by atoms with Crippen LogP contribution in [0.3, 0.4) is 0 Å². The zero-order valence-corrected chi connectivity index (χ0v) is 19.4. The Morgan fingerprint density at radius 2 is 1.91 bits per heavy atom. The Morgan fingerprint density at radius 3 is 2.62 bits per heavy atom. The number of methoxy groups -OCH3 is 1. The maximum absolute atomic E-state index is 11.8. The number of benzene rings is 3. The van der Waals surface area contributed by atoms with Crippen molar-refractivity contribution >= 4 is 50.8 Å². The highest BCUT2D eigenvalue weighted by Crippen LogP contribution is 2.33. The molecule has 3 aromatic carbocycles. The first-order valence-electron chi connectivity index (χ1n) is 9.55. The van der Waals surface area contributed by atoms with Crippen LogP contribution < -0.4 is 9.47 Å². The summed E-state index contributed by atoms with van der Waals surface area (Å²) < 4.78 is 18.0. The number of hydrogen-bond donors (Lipinski definition) is 1. The number of halogens is 1. The van der Waals surface area contributed by atoms with E-state index >= 15 is 0 Å².